The van der Waals surface area contributed by atoms with Crippen LogP contribution in [0.2, 0.25) is 5.15 Å². The van der Waals surface area contributed by atoms with Crippen LogP contribution in [0.3, 0.4) is 0 Å². The van der Waals surface area contributed by atoms with Gasteiger partial charge in [-0.1, -0.05) is 22.9 Å². The summed E-state index contributed by atoms with van der Waals surface area (Å²) < 4.78 is 0.846. The minimum Gasteiger partial charge on any atom is -0.259 e. The predicted molar refractivity (Wildman–Crippen MR) is 55.8 cm³/mol. The first-order valence-electron chi connectivity index (χ1n) is 3.69. The number of hydrogen-bond acceptors (Lipinski definition) is 6. The van der Waals surface area contributed by atoms with Gasteiger partial charge in [0.1, 0.15) is 15.2 Å². The Morgan fingerprint density at radius 1 is 1.36 bits per heavy atom. The molecular formula is C7H5ClN4S2. The van der Waals surface area contributed by atoms with Crippen LogP contribution in [0.1, 0.15) is 5.01 Å². The van der Waals surface area contributed by atoms with Crippen molar-refractivity contribution >= 4 is 34.7 Å². The van der Waals surface area contributed by atoms with Crippen LogP contribution in [-0.4, -0.2) is 20.2 Å². The summed E-state index contributed by atoms with van der Waals surface area (Å²) in [4.78, 5) is 8.01. The number of rotatable bonds is 2. The summed E-state index contributed by atoms with van der Waals surface area (Å²) in [6, 6.07) is 0. The Balaban J connectivity index is 2.18. The molecule has 14 heavy (non-hydrogen) atoms. The predicted octanol–water partition coefficient (Wildman–Crippen LogP) is 2.44. The number of halogens is 1. The second-order valence-corrected chi connectivity index (χ2v) is 5.21. The first kappa shape index (κ1) is 9.82. The van der Waals surface area contributed by atoms with Gasteiger partial charge in [0.2, 0.25) is 0 Å². The molecule has 0 unspecified atom stereocenters. The van der Waals surface area contributed by atoms with E-state index in [1.807, 2.05) is 6.92 Å². The van der Waals surface area contributed by atoms with Crippen LogP contribution < -0.4 is 0 Å². The minimum atomic E-state index is 0.385. The van der Waals surface area contributed by atoms with Crippen molar-refractivity contribution in [3.63, 3.8) is 0 Å². The van der Waals surface area contributed by atoms with Gasteiger partial charge < -0.3 is 0 Å². The molecule has 2 aromatic heterocycles. The van der Waals surface area contributed by atoms with Crippen molar-refractivity contribution in [1.82, 2.24) is 20.2 Å². The standard InChI is InChI=1S/C7H5ClN4S2/c1-4-11-12-7(13-4)14-6-3-9-2-5(8)10-6/h2-3H,1H3. The highest BCUT2D eigenvalue weighted by Gasteiger charge is 2.04. The Morgan fingerprint density at radius 3 is 2.86 bits per heavy atom. The van der Waals surface area contributed by atoms with Crippen molar-refractivity contribution in [2.24, 2.45) is 0 Å². The van der Waals surface area contributed by atoms with Gasteiger partial charge in [0.15, 0.2) is 4.34 Å². The lowest BCUT2D eigenvalue weighted by Gasteiger charge is -1.94. The normalized spacial score (nSPS) is 10.4. The van der Waals surface area contributed by atoms with Crippen molar-refractivity contribution in [3.8, 4) is 0 Å². The van der Waals surface area contributed by atoms with E-state index < -0.39 is 0 Å². The molecule has 7 heteroatoms. The van der Waals surface area contributed by atoms with E-state index in [0.717, 1.165) is 14.4 Å². The molecule has 0 radical (unpaired) electrons. The molecule has 0 spiro atoms. The summed E-state index contributed by atoms with van der Waals surface area (Å²) >= 11 is 8.62. The summed E-state index contributed by atoms with van der Waals surface area (Å²) in [6.07, 6.45) is 3.14. The largest absolute Gasteiger partial charge is 0.259 e. The molecule has 2 heterocycles. The van der Waals surface area contributed by atoms with Crippen molar-refractivity contribution in [2.75, 3.05) is 0 Å². The van der Waals surface area contributed by atoms with Crippen LogP contribution in [0.25, 0.3) is 0 Å². The summed E-state index contributed by atoms with van der Waals surface area (Å²) in [5.41, 5.74) is 0. The van der Waals surface area contributed by atoms with E-state index in [-0.39, 0.29) is 0 Å². The quantitative estimate of drug-likeness (QED) is 0.812. The molecule has 0 bridgehead atoms. The molecule has 72 valence electrons. The number of nitrogens with zero attached hydrogens (tertiary/aromatic N) is 4. The number of aryl methyl sites for hydroxylation is 1. The van der Waals surface area contributed by atoms with Gasteiger partial charge in [-0.2, -0.15) is 0 Å². The fourth-order valence-corrected chi connectivity index (χ4v) is 2.70. The molecular weight excluding hydrogens is 240 g/mol. The van der Waals surface area contributed by atoms with Crippen LogP contribution in [0.5, 0.6) is 0 Å². The van der Waals surface area contributed by atoms with E-state index >= 15 is 0 Å². The molecule has 0 amide bonds. The van der Waals surface area contributed by atoms with Crippen LogP contribution in [-0.2, 0) is 0 Å². The third-order valence-corrected chi connectivity index (χ3v) is 3.26. The summed E-state index contributed by atoms with van der Waals surface area (Å²) in [7, 11) is 0. The average Bonchev–Trinajstić information content (AvgIpc) is 2.51. The molecule has 0 aliphatic heterocycles. The lowest BCUT2D eigenvalue weighted by Crippen LogP contribution is -1.82. The van der Waals surface area contributed by atoms with Crippen molar-refractivity contribution < 1.29 is 0 Å². The van der Waals surface area contributed by atoms with Gasteiger partial charge in [-0.05, 0) is 18.7 Å². The zero-order chi connectivity index (χ0) is 9.97. The maximum absolute atomic E-state index is 5.70. The molecule has 0 aliphatic carbocycles. The summed E-state index contributed by atoms with van der Waals surface area (Å²) in [5, 5.41) is 9.91. The second kappa shape index (κ2) is 4.20. The Morgan fingerprint density at radius 2 is 2.21 bits per heavy atom. The van der Waals surface area contributed by atoms with E-state index in [0.29, 0.717) is 5.15 Å². The topological polar surface area (TPSA) is 51.6 Å². The molecule has 0 aromatic carbocycles. The zero-order valence-electron chi connectivity index (χ0n) is 7.14. The van der Waals surface area contributed by atoms with E-state index in [4.69, 9.17) is 11.6 Å². The molecule has 0 aliphatic rings. The second-order valence-electron chi connectivity index (χ2n) is 2.37. The Labute approximate surface area is 93.8 Å². The van der Waals surface area contributed by atoms with Gasteiger partial charge in [0.05, 0.1) is 12.4 Å². The van der Waals surface area contributed by atoms with E-state index in [9.17, 15) is 0 Å². The molecule has 0 fully saturated rings. The number of hydrogen-bond donors (Lipinski definition) is 0. The molecule has 2 aromatic rings. The maximum atomic E-state index is 5.70. The summed E-state index contributed by atoms with van der Waals surface area (Å²) in [5.74, 6) is 0. The van der Waals surface area contributed by atoms with Crippen LogP contribution >= 0.6 is 34.7 Å². The van der Waals surface area contributed by atoms with Gasteiger partial charge in [-0.15, -0.1) is 10.2 Å². The van der Waals surface area contributed by atoms with E-state index in [1.165, 1.54) is 29.3 Å². The number of aromatic nitrogens is 4. The smallest absolute Gasteiger partial charge is 0.180 e. The van der Waals surface area contributed by atoms with Gasteiger partial charge in [-0.3, -0.25) is 4.98 Å². The van der Waals surface area contributed by atoms with Crippen LogP contribution in [0, 0.1) is 6.92 Å². The van der Waals surface area contributed by atoms with Crippen LogP contribution in [0.4, 0.5) is 0 Å². The van der Waals surface area contributed by atoms with Gasteiger partial charge >= 0.3 is 0 Å². The first-order valence-corrected chi connectivity index (χ1v) is 5.70. The average molecular weight is 245 g/mol. The third-order valence-electron chi connectivity index (χ3n) is 1.28. The zero-order valence-corrected chi connectivity index (χ0v) is 9.53. The Kier molecular flexibility index (Phi) is 2.95. The van der Waals surface area contributed by atoms with Crippen LogP contribution in [0.15, 0.2) is 21.8 Å². The lowest BCUT2D eigenvalue weighted by molar-refractivity contribution is 0.977. The van der Waals surface area contributed by atoms with Gasteiger partial charge in [0.25, 0.3) is 0 Å². The summed E-state index contributed by atoms with van der Waals surface area (Å²) in [6.45, 7) is 1.91. The van der Waals surface area contributed by atoms with Crippen molar-refractivity contribution in [1.29, 1.82) is 0 Å². The van der Waals surface area contributed by atoms with Crippen molar-refractivity contribution in [3.05, 3.63) is 22.6 Å². The van der Waals surface area contributed by atoms with Gasteiger partial charge in [0, 0.05) is 0 Å². The van der Waals surface area contributed by atoms with E-state index in [1.54, 1.807) is 6.20 Å². The first-order chi connectivity index (χ1) is 6.74. The molecule has 0 N–H and O–H groups in total. The fraction of sp³-hybridized carbons (Fsp3) is 0.143. The SMILES string of the molecule is Cc1nnc(Sc2cncc(Cl)n2)s1. The molecule has 0 saturated heterocycles. The Hall–Kier alpha value is -0.720. The minimum absolute atomic E-state index is 0.385. The van der Waals surface area contributed by atoms with E-state index in [2.05, 4.69) is 20.2 Å². The maximum Gasteiger partial charge on any atom is 0.180 e. The Bertz CT molecular complexity index is 445. The monoisotopic (exact) mass is 244 g/mol. The lowest BCUT2D eigenvalue weighted by atomic mass is 10.8. The van der Waals surface area contributed by atoms with Gasteiger partial charge in [-0.25, -0.2) is 4.98 Å². The molecule has 2 rings (SSSR count). The molecule has 0 atom stereocenters. The molecule has 0 saturated carbocycles. The highest BCUT2D eigenvalue weighted by molar-refractivity contribution is 8.01. The fourth-order valence-electron chi connectivity index (χ4n) is 0.784. The highest BCUT2D eigenvalue weighted by Crippen LogP contribution is 2.28. The van der Waals surface area contributed by atoms with Crippen molar-refractivity contribution in [2.45, 2.75) is 16.3 Å². The highest BCUT2D eigenvalue weighted by atomic mass is 35.5. The molecule has 4 nitrogen and oxygen atoms in total. The third kappa shape index (κ3) is 2.40.